The van der Waals surface area contributed by atoms with Crippen molar-refractivity contribution in [1.82, 2.24) is 14.6 Å². The Morgan fingerprint density at radius 1 is 0.854 bits per heavy atom. The molecule has 0 spiro atoms. The SMILES string of the molecule is CCOc1c2ccccc2c(OCC)c2c(O)n(-c3ccc(CC4(NC(=O)NS(=O)(=O)c5ccc6ccccc6c5)CC4)cc3C)cc12. The molecule has 9 nitrogen and oxygen atoms in total. The van der Waals surface area contributed by atoms with Gasteiger partial charge in [-0.2, -0.15) is 0 Å². The van der Waals surface area contributed by atoms with Gasteiger partial charge in [0, 0.05) is 22.5 Å². The van der Waals surface area contributed by atoms with E-state index in [4.69, 9.17) is 9.47 Å². The lowest BCUT2D eigenvalue weighted by atomic mass is 10.0. The zero-order valence-corrected chi connectivity index (χ0v) is 27.9. The summed E-state index contributed by atoms with van der Waals surface area (Å²) in [4.78, 5) is 13.0. The van der Waals surface area contributed by atoms with Crippen molar-refractivity contribution in [2.75, 3.05) is 13.2 Å². The molecule has 0 unspecified atom stereocenters. The Hall–Kier alpha value is -5.22. The van der Waals surface area contributed by atoms with Gasteiger partial charge in [0.25, 0.3) is 10.0 Å². The largest absolute Gasteiger partial charge is 0.494 e. The number of aromatic nitrogens is 1. The lowest BCUT2D eigenvalue weighted by Crippen LogP contribution is -2.46. The number of ether oxygens (including phenoxy) is 2. The Labute approximate surface area is 279 Å². The van der Waals surface area contributed by atoms with Crippen LogP contribution >= 0.6 is 0 Å². The van der Waals surface area contributed by atoms with Crippen molar-refractivity contribution < 1.29 is 27.8 Å². The van der Waals surface area contributed by atoms with Gasteiger partial charge in [-0.3, -0.25) is 4.57 Å². The lowest BCUT2D eigenvalue weighted by molar-refractivity contribution is 0.240. The van der Waals surface area contributed by atoms with Crippen LogP contribution in [0.2, 0.25) is 0 Å². The van der Waals surface area contributed by atoms with Crippen molar-refractivity contribution in [3.63, 3.8) is 0 Å². The highest BCUT2D eigenvalue weighted by Gasteiger charge is 2.44. The molecule has 0 saturated heterocycles. The highest BCUT2D eigenvalue weighted by molar-refractivity contribution is 7.90. The Balaban J connectivity index is 1.13. The van der Waals surface area contributed by atoms with Gasteiger partial charge in [0.1, 0.15) is 11.5 Å². The number of amides is 2. The quantitative estimate of drug-likeness (QED) is 0.140. The topological polar surface area (TPSA) is 119 Å². The van der Waals surface area contributed by atoms with Crippen LogP contribution in [0.1, 0.15) is 37.8 Å². The van der Waals surface area contributed by atoms with Crippen LogP contribution in [0.5, 0.6) is 17.4 Å². The number of rotatable bonds is 10. The van der Waals surface area contributed by atoms with Crippen molar-refractivity contribution in [3.05, 3.63) is 102 Å². The van der Waals surface area contributed by atoms with E-state index in [1.807, 2.05) is 93.7 Å². The number of sulfonamides is 1. The third-order valence-electron chi connectivity index (χ3n) is 9.00. The molecule has 0 atom stereocenters. The molecular formula is C38H37N3O6S. The average Bonchev–Trinajstić information content (AvgIpc) is 3.73. The second-order valence-electron chi connectivity index (χ2n) is 12.3. The van der Waals surface area contributed by atoms with Crippen LogP contribution in [0.4, 0.5) is 4.79 Å². The zero-order valence-electron chi connectivity index (χ0n) is 27.0. The first-order valence-electron chi connectivity index (χ1n) is 16.1. The number of aromatic hydroxyl groups is 1. The Bertz CT molecular complexity index is 2330. The van der Waals surface area contributed by atoms with E-state index >= 15 is 0 Å². The summed E-state index contributed by atoms with van der Waals surface area (Å²) in [5, 5.41) is 19.4. The fraction of sp³-hybridized carbons (Fsp3) is 0.237. The molecule has 10 heteroatoms. The van der Waals surface area contributed by atoms with E-state index in [1.165, 1.54) is 6.07 Å². The van der Waals surface area contributed by atoms with Crippen LogP contribution in [0.3, 0.4) is 0 Å². The third-order valence-corrected chi connectivity index (χ3v) is 10.3. The highest BCUT2D eigenvalue weighted by Crippen LogP contribution is 2.48. The summed E-state index contributed by atoms with van der Waals surface area (Å²) >= 11 is 0. The van der Waals surface area contributed by atoms with Gasteiger partial charge in [-0.05, 0) is 80.1 Å². The van der Waals surface area contributed by atoms with Gasteiger partial charge in [0.05, 0.1) is 34.6 Å². The molecule has 1 aliphatic carbocycles. The molecule has 6 aromatic rings. The van der Waals surface area contributed by atoms with Crippen molar-refractivity contribution in [2.24, 2.45) is 0 Å². The molecule has 2 amide bonds. The molecular weight excluding hydrogens is 626 g/mol. The summed E-state index contributed by atoms with van der Waals surface area (Å²) in [5.41, 5.74) is 2.15. The minimum Gasteiger partial charge on any atom is -0.494 e. The number of nitrogens with zero attached hydrogens (tertiary/aromatic N) is 1. The van der Waals surface area contributed by atoms with E-state index in [0.29, 0.717) is 36.5 Å². The van der Waals surface area contributed by atoms with E-state index in [0.717, 1.165) is 56.6 Å². The standard InChI is InChI=1S/C38H37N3O6S/c1-4-46-34-29-12-8-9-13-30(29)35(47-5-2)33-31(34)23-41(36(33)42)32-17-14-25(20-24(32)3)22-38(18-19-38)39-37(43)40-48(44,45)28-16-15-26-10-6-7-11-27(26)21-28/h6-17,20-21,23,42H,4-5,18-19,22H2,1-3H3,(H2,39,40,43). The maximum absolute atomic E-state index is 13.0. The van der Waals surface area contributed by atoms with Gasteiger partial charge in [-0.25, -0.2) is 17.9 Å². The predicted octanol–water partition coefficient (Wildman–Crippen LogP) is 7.51. The number of benzene rings is 5. The highest BCUT2D eigenvalue weighted by atomic mass is 32.2. The third kappa shape index (κ3) is 5.66. The number of aryl methyl sites for hydroxylation is 1. The van der Waals surface area contributed by atoms with E-state index in [1.54, 1.807) is 16.7 Å². The smallest absolute Gasteiger partial charge is 0.329 e. The van der Waals surface area contributed by atoms with Crippen LogP contribution in [0.15, 0.2) is 96.0 Å². The normalized spacial score (nSPS) is 13.9. The number of hydrogen-bond donors (Lipinski definition) is 3. The number of nitrogens with one attached hydrogen (secondary N) is 2. The molecule has 5 aromatic carbocycles. The van der Waals surface area contributed by atoms with Crippen LogP contribution < -0.4 is 19.5 Å². The Morgan fingerprint density at radius 3 is 2.21 bits per heavy atom. The molecule has 0 radical (unpaired) electrons. The second-order valence-corrected chi connectivity index (χ2v) is 14.0. The summed E-state index contributed by atoms with van der Waals surface area (Å²) in [6, 6.07) is 25.3. The molecule has 1 fully saturated rings. The van der Waals surface area contributed by atoms with E-state index in [-0.39, 0.29) is 10.8 Å². The van der Waals surface area contributed by atoms with Gasteiger partial charge in [0.2, 0.25) is 5.88 Å². The molecule has 3 N–H and O–H groups in total. The van der Waals surface area contributed by atoms with Gasteiger partial charge in [-0.15, -0.1) is 0 Å². The van der Waals surface area contributed by atoms with E-state index < -0.39 is 21.6 Å². The molecule has 0 bridgehead atoms. The second kappa shape index (κ2) is 12.1. The summed E-state index contributed by atoms with van der Waals surface area (Å²) in [6.45, 7) is 6.74. The Kier molecular flexibility index (Phi) is 7.91. The van der Waals surface area contributed by atoms with Gasteiger partial charge in [-0.1, -0.05) is 66.7 Å². The first-order chi connectivity index (χ1) is 23.1. The average molecular weight is 664 g/mol. The lowest BCUT2D eigenvalue weighted by Gasteiger charge is -2.19. The zero-order chi connectivity index (χ0) is 33.6. The monoisotopic (exact) mass is 663 g/mol. The fourth-order valence-corrected chi connectivity index (χ4v) is 7.54. The summed E-state index contributed by atoms with van der Waals surface area (Å²) < 4.78 is 42.2. The maximum atomic E-state index is 13.0. The maximum Gasteiger partial charge on any atom is 0.329 e. The van der Waals surface area contributed by atoms with Gasteiger partial charge in [0.15, 0.2) is 0 Å². The van der Waals surface area contributed by atoms with Crippen molar-refractivity contribution in [1.29, 1.82) is 0 Å². The molecule has 1 saturated carbocycles. The Morgan fingerprint density at radius 2 is 1.52 bits per heavy atom. The molecule has 48 heavy (non-hydrogen) atoms. The minimum atomic E-state index is -4.06. The van der Waals surface area contributed by atoms with Crippen LogP contribution in [-0.2, 0) is 16.4 Å². The van der Waals surface area contributed by atoms with Crippen molar-refractivity contribution in [3.8, 4) is 23.1 Å². The molecule has 7 rings (SSSR count). The first kappa shape index (κ1) is 31.4. The molecule has 246 valence electrons. The summed E-state index contributed by atoms with van der Waals surface area (Å²) in [6.07, 6.45) is 3.88. The van der Waals surface area contributed by atoms with Crippen molar-refractivity contribution >= 4 is 48.4 Å². The van der Waals surface area contributed by atoms with Crippen LogP contribution in [0, 0.1) is 6.92 Å². The number of carbonyl (C=O) groups excluding carboxylic acids is 1. The fourth-order valence-electron chi connectivity index (χ4n) is 6.60. The van der Waals surface area contributed by atoms with Gasteiger partial charge < -0.3 is 19.9 Å². The number of fused-ring (bicyclic) bond motifs is 3. The number of hydrogen-bond acceptors (Lipinski definition) is 6. The van der Waals surface area contributed by atoms with Gasteiger partial charge >= 0.3 is 6.03 Å². The van der Waals surface area contributed by atoms with Crippen molar-refractivity contribution in [2.45, 2.75) is 50.5 Å². The minimum absolute atomic E-state index is 0.0307. The first-order valence-corrected chi connectivity index (χ1v) is 17.6. The van der Waals surface area contributed by atoms with E-state index in [2.05, 4.69) is 10.0 Å². The molecule has 1 heterocycles. The number of carbonyl (C=O) groups is 1. The van der Waals surface area contributed by atoms with Crippen LogP contribution in [-0.4, -0.2) is 42.9 Å². The predicted molar refractivity (Wildman–Crippen MR) is 188 cm³/mol. The number of urea groups is 1. The summed E-state index contributed by atoms with van der Waals surface area (Å²) in [7, 11) is -4.06. The molecule has 1 aliphatic rings. The van der Waals surface area contributed by atoms with E-state index in [9.17, 15) is 18.3 Å². The van der Waals surface area contributed by atoms with Crippen LogP contribution in [0.25, 0.3) is 38.0 Å². The summed E-state index contributed by atoms with van der Waals surface area (Å²) in [5.74, 6) is 1.36. The molecule has 1 aromatic heterocycles. The molecule has 0 aliphatic heterocycles.